The van der Waals surface area contributed by atoms with Gasteiger partial charge in [0.1, 0.15) is 5.82 Å². The maximum absolute atomic E-state index is 13.0. The summed E-state index contributed by atoms with van der Waals surface area (Å²) in [5.74, 6) is -0.272. The lowest BCUT2D eigenvalue weighted by molar-refractivity contribution is 0.177. The molecule has 0 amide bonds. The van der Waals surface area contributed by atoms with E-state index in [0.717, 1.165) is 14.7 Å². The second-order valence-corrected chi connectivity index (χ2v) is 5.97. The Hall–Kier alpha value is -0.940. The summed E-state index contributed by atoms with van der Waals surface area (Å²) in [6, 6.07) is 10.7. The van der Waals surface area contributed by atoms with E-state index >= 15 is 0 Å². The van der Waals surface area contributed by atoms with Gasteiger partial charge in [0.25, 0.3) is 0 Å². The first kappa shape index (κ1) is 14.5. The summed E-state index contributed by atoms with van der Waals surface area (Å²) in [6.45, 7) is 4.13. The van der Waals surface area contributed by atoms with Crippen LogP contribution in [0.1, 0.15) is 28.4 Å². The highest BCUT2D eigenvalue weighted by molar-refractivity contribution is 14.1. The maximum Gasteiger partial charge on any atom is 0.124 e. The standard InChI is InChI=1S/C16H16FIO/c1-10-3-4-12(7-11(10)2)8-16(19)14-6-5-13(17)9-15(14)18/h3-7,9,16,19H,8H2,1-2H3. The van der Waals surface area contributed by atoms with E-state index < -0.39 is 6.10 Å². The summed E-state index contributed by atoms with van der Waals surface area (Å²) in [5, 5.41) is 10.3. The molecule has 1 unspecified atom stereocenters. The SMILES string of the molecule is Cc1ccc(CC(O)c2ccc(F)cc2I)cc1C. The van der Waals surface area contributed by atoms with Gasteiger partial charge < -0.3 is 5.11 Å². The summed E-state index contributed by atoms with van der Waals surface area (Å²) in [6.07, 6.45) is -0.0578. The topological polar surface area (TPSA) is 20.2 Å². The number of halogens is 2. The van der Waals surface area contributed by atoms with Crippen molar-refractivity contribution in [2.75, 3.05) is 0 Å². The van der Waals surface area contributed by atoms with E-state index in [-0.39, 0.29) is 5.82 Å². The first-order valence-corrected chi connectivity index (χ1v) is 7.24. The molecule has 2 rings (SSSR count). The van der Waals surface area contributed by atoms with Crippen molar-refractivity contribution in [1.82, 2.24) is 0 Å². The summed E-state index contributed by atoms with van der Waals surface area (Å²) >= 11 is 2.06. The quantitative estimate of drug-likeness (QED) is 0.798. The largest absolute Gasteiger partial charge is 0.388 e. The van der Waals surface area contributed by atoms with Crippen LogP contribution in [0.5, 0.6) is 0 Å². The zero-order valence-electron chi connectivity index (χ0n) is 11.0. The first-order valence-electron chi connectivity index (χ1n) is 6.16. The van der Waals surface area contributed by atoms with Gasteiger partial charge in [-0.3, -0.25) is 0 Å². The molecule has 0 radical (unpaired) electrons. The normalized spacial score (nSPS) is 12.5. The molecule has 0 heterocycles. The van der Waals surface area contributed by atoms with Crippen LogP contribution in [0, 0.1) is 23.2 Å². The van der Waals surface area contributed by atoms with E-state index in [9.17, 15) is 9.50 Å². The van der Waals surface area contributed by atoms with E-state index in [4.69, 9.17) is 0 Å². The zero-order valence-corrected chi connectivity index (χ0v) is 13.1. The van der Waals surface area contributed by atoms with Crippen molar-refractivity contribution in [2.24, 2.45) is 0 Å². The molecule has 0 aliphatic rings. The van der Waals surface area contributed by atoms with Gasteiger partial charge in [0.15, 0.2) is 0 Å². The molecular weight excluding hydrogens is 354 g/mol. The van der Waals surface area contributed by atoms with Gasteiger partial charge in [-0.2, -0.15) is 0 Å². The van der Waals surface area contributed by atoms with Gasteiger partial charge in [-0.1, -0.05) is 24.3 Å². The van der Waals surface area contributed by atoms with E-state index in [2.05, 4.69) is 48.6 Å². The zero-order chi connectivity index (χ0) is 14.0. The summed E-state index contributed by atoms with van der Waals surface area (Å²) in [7, 11) is 0. The third-order valence-electron chi connectivity index (χ3n) is 3.32. The van der Waals surface area contributed by atoms with Crippen LogP contribution in [0.15, 0.2) is 36.4 Å². The second-order valence-electron chi connectivity index (χ2n) is 4.80. The average molecular weight is 370 g/mol. The number of aliphatic hydroxyl groups excluding tert-OH is 1. The lowest BCUT2D eigenvalue weighted by atomic mass is 9.98. The van der Waals surface area contributed by atoms with Gasteiger partial charge in [0.05, 0.1) is 6.10 Å². The fraction of sp³-hybridized carbons (Fsp3) is 0.250. The van der Waals surface area contributed by atoms with Crippen LogP contribution < -0.4 is 0 Å². The van der Waals surface area contributed by atoms with Gasteiger partial charge in [-0.25, -0.2) is 4.39 Å². The molecule has 0 bridgehead atoms. The fourth-order valence-corrected chi connectivity index (χ4v) is 2.87. The molecule has 1 N–H and O–H groups in total. The van der Waals surface area contributed by atoms with Crippen LogP contribution in [0.2, 0.25) is 0 Å². The van der Waals surface area contributed by atoms with Gasteiger partial charge in [-0.15, -0.1) is 0 Å². The molecule has 0 saturated heterocycles. The van der Waals surface area contributed by atoms with Crippen molar-refractivity contribution >= 4 is 22.6 Å². The van der Waals surface area contributed by atoms with Crippen molar-refractivity contribution in [3.8, 4) is 0 Å². The molecule has 0 saturated carbocycles. The van der Waals surface area contributed by atoms with Crippen LogP contribution in [0.3, 0.4) is 0 Å². The third kappa shape index (κ3) is 3.54. The van der Waals surface area contributed by atoms with Crippen molar-refractivity contribution in [3.05, 3.63) is 68.0 Å². The van der Waals surface area contributed by atoms with Crippen molar-refractivity contribution < 1.29 is 9.50 Å². The summed E-state index contributed by atoms with van der Waals surface area (Å²) in [5.41, 5.74) is 4.34. The third-order valence-corrected chi connectivity index (χ3v) is 4.26. The highest BCUT2D eigenvalue weighted by Crippen LogP contribution is 2.24. The maximum atomic E-state index is 13.0. The fourth-order valence-electron chi connectivity index (χ4n) is 2.04. The Labute approximate surface area is 126 Å². The van der Waals surface area contributed by atoms with Crippen LogP contribution in [0.4, 0.5) is 4.39 Å². The summed E-state index contributed by atoms with van der Waals surface area (Å²) < 4.78 is 13.8. The highest BCUT2D eigenvalue weighted by atomic mass is 127. The Balaban J connectivity index is 2.20. The average Bonchev–Trinajstić information content (AvgIpc) is 2.33. The highest BCUT2D eigenvalue weighted by Gasteiger charge is 2.13. The van der Waals surface area contributed by atoms with E-state index in [0.29, 0.717) is 6.42 Å². The van der Waals surface area contributed by atoms with Crippen LogP contribution >= 0.6 is 22.6 Å². The molecule has 0 aliphatic carbocycles. The van der Waals surface area contributed by atoms with Gasteiger partial charge >= 0.3 is 0 Å². The summed E-state index contributed by atoms with van der Waals surface area (Å²) in [4.78, 5) is 0. The molecule has 0 fully saturated rings. The van der Waals surface area contributed by atoms with Gasteiger partial charge in [-0.05, 0) is 70.8 Å². The van der Waals surface area contributed by atoms with Crippen LogP contribution in [-0.4, -0.2) is 5.11 Å². The van der Waals surface area contributed by atoms with Gasteiger partial charge in [0.2, 0.25) is 0 Å². The minimum Gasteiger partial charge on any atom is -0.388 e. The van der Waals surface area contributed by atoms with Crippen LogP contribution in [0.25, 0.3) is 0 Å². The van der Waals surface area contributed by atoms with Crippen molar-refractivity contribution in [3.63, 3.8) is 0 Å². The predicted molar refractivity (Wildman–Crippen MR) is 83.7 cm³/mol. The van der Waals surface area contributed by atoms with Gasteiger partial charge in [0, 0.05) is 9.99 Å². The molecule has 1 atom stereocenters. The molecule has 0 spiro atoms. The Morgan fingerprint density at radius 1 is 1.11 bits per heavy atom. The van der Waals surface area contributed by atoms with Crippen molar-refractivity contribution in [1.29, 1.82) is 0 Å². The molecule has 2 aromatic rings. The van der Waals surface area contributed by atoms with Crippen LogP contribution in [-0.2, 0) is 6.42 Å². The molecule has 0 aromatic heterocycles. The predicted octanol–water partition coefficient (Wildman–Crippen LogP) is 4.32. The number of hydrogen-bond donors (Lipinski definition) is 1. The number of aliphatic hydroxyl groups is 1. The number of hydrogen-bond acceptors (Lipinski definition) is 1. The molecule has 19 heavy (non-hydrogen) atoms. The minimum absolute atomic E-state index is 0.272. The molecular formula is C16H16FIO. The monoisotopic (exact) mass is 370 g/mol. The minimum atomic E-state index is -0.602. The number of aryl methyl sites for hydroxylation is 2. The smallest absolute Gasteiger partial charge is 0.124 e. The molecule has 1 nitrogen and oxygen atoms in total. The van der Waals surface area contributed by atoms with E-state index in [1.54, 1.807) is 6.07 Å². The lowest BCUT2D eigenvalue weighted by Gasteiger charge is -2.14. The molecule has 2 aromatic carbocycles. The first-order chi connectivity index (χ1) is 8.97. The number of benzene rings is 2. The Kier molecular flexibility index (Phi) is 4.58. The molecule has 0 aliphatic heterocycles. The van der Waals surface area contributed by atoms with E-state index in [1.165, 1.54) is 23.3 Å². The Morgan fingerprint density at radius 2 is 1.84 bits per heavy atom. The number of rotatable bonds is 3. The Bertz CT molecular complexity index is 595. The second kappa shape index (κ2) is 6.01. The van der Waals surface area contributed by atoms with Crippen molar-refractivity contribution in [2.45, 2.75) is 26.4 Å². The molecule has 100 valence electrons. The Morgan fingerprint density at radius 3 is 2.47 bits per heavy atom. The lowest BCUT2D eigenvalue weighted by Crippen LogP contribution is -2.04. The van der Waals surface area contributed by atoms with E-state index in [1.807, 2.05) is 6.07 Å². The molecule has 3 heteroatoms.